The number of fused-ring (bicyclic) bond motifs is 1. The fraction of sp³-hybridized carbons (Fsp3) is 0.667. The van der Waals surface area contributed by atoms with Crippen LogP contribution in [0.25, 0.3) is 0 Å². The Morgan fingerprint density at radius 2 is 2.39 bits per heavy atom. The van der Waals surface area contributed by atoms with Crippen LogP contribution in [0.15, 0.2) is 6.20 Å². The predicted molar refractivity (Wildman–Crippen MR) is 68.6 cm³/mol. The third-order valence-electron chi connectivity index (χ3n) is 3.87. The van der Waals surface area contributed by atoms with E-state index in [4.69, 9.17) is 11.6 Å². The topological polar surface area (TPSA) is 50.2 Å². The fourth-order valence-corrected chi connectivity index (χ4v) is 3.23. The van der Waals surface area contributed by atoms with Gasteiger partial charge in [0.05, 0.1) is 5.02 Å². The summed E-state index contributed by atoms with van der Waals surface area (Å²) < 4.78 is 1.58. The van der Waals surface area contributed by atoms with E-state index >= 15 is 0 Å². The molecule has 0 radical (unpaired) electrons. The molecule has 1 aromatic rings. The van der Waals surface area contributed by atoms with E-state index in [0.717, 1.165) is 19.6 Å². The monoisotopic (exact) mass is 268 g/mol. The van der Waals surface area contributed by atoms with Gasteiger partial charge in [-0.25, -0.2) is 0 Å². The second-order valence-electron chi connectivity index (χ2n) is 5.17. The molecule has 2 atom stereocenters. The van der Waals surface area contributed by atoms with E-state index in [1.165, 1.54) is 12.8 Å². The summed E-state index contributed by atoms with van der Waals surface area (Å²) in [7, 11) is 1.77. The van der Waals surface area contributed by atoms with Crippen LogP contribution in [0.4, 0.5) is 0 Å². The van der Waals surface area contributed by atoms with Crippen LogP contribution < -0.4 is 5.32 Å². The van der Waals surface area contributed by atoms with E-state index in [9.17, 15) is 4.79 Å². The van der Waals surface area contributed by atoms with E-state index < -0.39 is 0 Å². The minimum atomic E-state index is -0.0446. The van der Waals surface area contributed by atoms with Gasteiger partial charge >= 0.3 is 0 Å². The Kier molecular flexibility index (Phi) is 3.03. The van der Waals surface area contributed by atoms with Gasteiger partial charge in [-0.1, -0.05) is 11.6 Å². The van der Waals surface area contributed by atoms with Crippen molar-refractivity contribution in [1.82, 2.24) is 20.0 Å². The number of nitrogens with one attached hydrogen (secondary N) is 1. The molecular formula is C12H17ClN4O. The van der Waals surface area contributed by atoms with E-state index in [1.807, 2.05) is 4.90 Å². The molecule has 18 heavy (non-hydrogen) atoms. The Balaban J connectivity index is 1.76. The van der Waals surface area contributed by atoms with Crippen molar-refractivity contribution in [1.29, 1.82) is 0 Å². The number of rotatable bonds is 1. The summed E-state index contributed by atoms with van der Waals surface area (Å²) in [4.78, 5) is 14.2. The molecule has 0 saturated carbocycles. The first-order valence-electron chi connectivity index (χ1n) is 6.37. The zero-order valence-corrected chi connectivity index (χ0v) is 11.2. The van der Waals surface area contributed by atoms with Crippen molar-refractivity contribution in [3.05, 3.63) is 16.9 Å². The van der Waals surface area contributed by atoms with Crippen LogP contribution in [-0.4, -0.2) is 46.3 Å². The number of aryl methyl sites for hydroxylation is 1. The van der Waals surface area contributed by atoms with Gasteiger partial charge < -0.3 is 10.2 Å². The highest BCUT2D eigenvalue weighted by Gasteiger charge is 2.37. The first-order valence-corrected chi connectivity index (χ1v) is 6.75. The molecule has 3 rings (SSSR count). The lowest BCUT2D eigenvalue weighted by molar-refractivity contribution is 0.0779. The van der Waals surface area contributed by atoms with Gasteiger partial charge in [-0.2, -0.15) is 5.10 Å². The van der Waals surface area contributed by atoms with Crippen molar-refractivity contribution in [2.75, 3.05) is 19.6 Å². The molecule has 1 aromatic heterocycles. The zero-order valence-electron chi connectivity index (χ0n) is 10.4. The number of piperidine rings is 1. The first-order chi connectivity index (χ1) is 8.65. The van der Waals surface area contributed by atoms with Gasteiger partial charge in [0.15, 0.2) is 5.69 Å². The smallest absolute Gasteiger partial charge is 0.275 e. The van der Waals surface area contributed by atoms with Crippen LogP contribution in [0.5, 0.6) is 0 Å². The second-order valence-corrected chi connectivity index (χ2v) is 5.58. The number of amides is 1. The summed E-state index contributed by atoms with van der Waals surface area (Å²) in [6.45, 7) is 2.66. The largest absolute Gasteiger partial charge is 0.335 e. The number of halogens is 1. The minimum absolute atomic E-state index is 0.0446. The van der Waals surface area contributed by atoms with Crippen molar-refractivity contribution < 1.29 is 4.79 Å². The molecule has 2 fully saturated rings. The average molecular weight is 269 g/mol. The normalized spacial score (nSPS) is 27.3. The van der Waals surface area contributed by atoms with Crippen LogP contribution in [0, 0.1) is 5.92 Å². The van der Waals surface area contributed by atoms with E-state index in [2.05, 4.69) is 10.4 Å². The molecule has 5 nitrogen and oxygen atoms in total. The molecule has 2 saturated heterocycles. The van der Waals surface area contributed by atoms with Crippen molar-refractivity contribution in [3.63, 3.8) is 0 Å². The Bertz CT molecular complexity index is 459. The molecule has 0 bridgehead atoms. The van der Waals surface area contributed by atoms with E-state index in [0.29, 0.717) is 22.7 Å². The number of nitrogens with zero attached hydrogens (tertiary/aromatic N) is 3. The molecule has 3 heterocycles. The van der Waals surface area contributed by atoms with Gasteiger partial charge in [-0.15, -0.1) is 0 Å². The van der Waals surface area contributed by atoms with Crippen molar-refractivity contribution in [3.8, 4) is 0 Å². The number of likely N-dealkylation sites (tertiary alicyclic amines) is 1. The quantitative estimate of drug-likeness (QED) is 0.823. The fourth-order valence-electron chi connectivity index (χ4n) is 2.97. The lowest BCUT2D eigenvalue weighted by Crippen LogP contribution is -2.41. The summed E-state index contributed by atoms with van der Waals surface area (Å²) in [5.41, 5.74) is 0.373. The molecule has 0 aliphatic carbocycles. The first kappa shape index (κ1) is 12.0. The molecule has 2 aliphatic rings. The van der Waals surface area contributed by atoms with Crippen molar-refractivity contribution in [2.45, 2.75) is 18.9 Å². The van der Waals surface area contributed by atoms with Crippen LogP contribution in [-0.2, 0) is 7.05 Å². The lowest BCUT2D eigenvalue weighted by Gasteiger charge is -2.24. The molecule has 0 spiro atoms. The van der Waals surface area contributed by atoms with Crippen molar-refractivity contribution >= 4 is 17.5 Å². The molecule has 0 unspecified atom stereocenters. The van der Waals surface area contributed by atoms with Gasteiger partial charge in [0.2, 0.25) is 0 Å². The van der Waals surface area contributed by atoms with Gasteiger partial charge in [0.25, 0.3) is 5.91 Å². The van der Waals surface area contributed by atoms with Crippen LogP contribution in [0.2, 0.25) is 5.02 Å². The Labute approximate surface area is 111 Å². The Morgan fingerprint density at radius 1 is 1.56 bits per heavy atom. The van der Waals surface area contributed by atoms with Gasteiger partial charge in [-0.3, -0.25) is 9.48 Å². The zero-order chi connectivity index (χ0) is 12.7. The van der Waals surface area contributed by atoms with Crippen LogP contribution in [0.1, 0.15) is 23.3 Å². The van der Waals surface area contributed by atoms with Gasteiger partial charge in [0, 0.05) is 32.4 Å². The maximum Gasteiger partial charge on any atom is 0.275 e. The standard InChI is InChI=1S/C12H17ClN4O/c1-16-6-9(13)11(15-16)12(18)17-5-8-3-2-4-14-10(8)7-17/h6,8,10,14H,2-5,7H2,1H3/t8-,10+/m0/s1. The summed E-state index contributed by atoms with van der Waals surface area (Å²) in [6.07, 6.45) is 4.07. The van der Waals surface area contributed by atoms with Crippen LogP contribution in [0.3, 0.4) is 0 Å². The molecule has 2 aliphatic heterocycles. The summed E-state index contributed by atoms with van der Waals surface area (Å²) in [5.74, 6) is 0.544. The average Bonchev–Trinajstić information content (AvgIpc) is 2.91. The third kappa shape index (κ3) is 2.01. The third-order valence-corrected chi connectivity index (χ3v) is 4.15. The maximum atomic E-state index is 12.4. The Morgan fingerprint density at radius 3 is 3.06 bits per heavy atom. The highest BCUT2D eigenvalue weighted by molar-refractivity contribution is 6.33. The van der Waals surface area contributed by atoms with Crippen molar-refractivity contribution in [2.24, 2.45) is 13.0 Å². The summed E-state index contributed by atoms with van der Waals surface area (Å²) in [5, 5.41) is 8.07. The molecule has 0 aromatic carbocycles. The molecule has 98 valence electrons. The SMILES string of the molecule is Cn1cc(Cl)c(C(=O)N2C[C@@H]3CCCN[C@@H]3C2)n1. The molecule has 1 N–H and O–H groups in total. The molecule has 6 heteroatoms. The van der Waals surface area contributed by atoms with E-state index in [1.54, 1.807) is 17.9 Å². The number of hydrogen-bond donors (Lipinski definition) is 1. The maximum absolute atomic E-state index is 12.4. The number of aromatic nitrogens is 2. The number of carbonyl (C=O) groups excluding carboxylic acids is 1. The predicted octanol–water partition coefficient (Wildman–Crippen LogP) is 0.897. The highest BCUT2D eigenvalue weighted by Crippen LogP contribution is 2.27. The second kappa shape index (κ2) is 4.55. The minimum Gasteiger partial charge on any atom is -0.335 e. The lowest BCUT2D eigenvalue weighted by atomic mass is 9.94. The molecular weight excluding hydrogens is 252 g/mol. The number of hydrogen-bond acceptors (Lipinski definition) is 3. The summed E-state index contributed by atoms with van der Waals surface area (Å²) in [6, 6.07) is 0.449. The van der Waals surface area contributed by atoms with Crippen LogP contribution >= 0.6 is 11.6 Å². The summed E-state index contributed by atoms with van der Waals surface area (Å²) >= 11 is 6.02. The molecule has 1 amide bonds. The van der Waals surface area contributed by atoms with Gasteiger partial charge in [-0.05, 0) is 25.3 Å². The number of carbonyl (C=O) groups is 1. The van der Waals surface area contributed by atoms with E-state index in [-0.39, 0.29) is 5.91 Å². The van der Waals surface area contributed by atoms with Gasteiger partial charge in [0.1, 0.15) is 0 Å². The highest BCUT2D eigenvalue weighted by atomic mass is 35.5. The Hall–Kier alpha value is -1.07.